The predicted octanol–water partition coefficient (Wildman–Crippen LogP) is 2.02. The Balaban J connectivity index is 1.27. The van der Waals surface area contributed by atoms with Crippen LogP contribution in [-0.2, 0) is 54.5 Å². The maximum absolute atomic E-state index is 14.5. The van der Waals surface area contributed by atoms with Gasteiger partial charge in [0.05, 0.1) is 6.33 Å². The number of para-hydroxylation sites is 2. The highest BCUT2D eigenvalue weighted by Gasteiger charge is 2.35. The summed E-state index contributed by atoms with van der Waals surface area (Å²) in [7, 11) is 0. The molecule has 0 saturated carbocycles. The molecule has 3 aromatic heterocycles. The largest absolute Gasteiger partial charge is 0.361 e. The monoisotopic (exact) mass is 869 g/mol. The Hall–Kier alpha value is -7.27. The lowest BCUT2D eigenvalue weighted by Crippen LogP contribution is -2.62. The molecule has 11 N–H and O–H groups in total. The summed E-state index contributed by atoms with van der Waals surface area (Å²) >= 11 is 0. The Kier molecular flexibility index (Phi) is 14.5. The van der Waals surface area contributed by atoms with Gasteiger partial charge in [0.15, 0.2) is 0 Å². The molecular weight excluding hydrogens is 815 g/mol. The second-order valence-electron chi connectivity index (χ2n) is 16.3. The number of hydrogen-bond acceptors (Lipinski definition) is 8. The number of hydrogen-bond donors (Lipinski definition) is 10. The average Bonchev–Trinajstić information content (AvgIpc) is 4.04. The standard InChI is InChI=1S/C47H55N11O6/c1-27-34(33-15-7-9-17-36(33)52-27)23-41-44(61)53-28(2)42(59)55-39(21-30-24-50-35-16-8-6-14-32(30)35)46(63)56-38(20-29-12-4-3-5-13-29)45(62)54-37(18-10-11-19-48)43(60)57-40(47(64)58-41)22-31-25-49-26-51-31/h3-9,12-17,24-26,28,37-41,50,52H,10-11,18-23,48H2,1-2H3,(H,49,51)(H,53,61)(H,54,62)(H,55,59)(H,56,63)(H,57,60)(H,58,64)/t28-,37-,38+,39-,40-,41+/m0/s1. The fourth-order valence-corrected chi connectivity index (χ4v) is 8.15. The van der Waals surface area contributed by atoms with Crippen molar-refractivity contribution in [2.45, 2.75) is 95.0 Å². The van der Waals surface area contributed by atoms with Crippen LogP contribution in [0.15, 0.2) is 97.6 Å². The number of aromatic nitrogens is 4. The molecule has 1 aliphatic rings. The molecule has 6 aromatic rings. The van der Waals surface area contributed by atoms with Crippen molar-refractivity contribution in [3.8, 4) is 0 Å². The first-order valence-corrected chi connectivity index (χ1v) is 21.6. The van der Waals surface area contributed by atoms with Gasteiger partial charge in [-0.15, -0.1) is 0 Å². The third-order valence-corrected chi connectivity index (χ3v) is 11.7. The average molecular weight is 870 g/mol. The molecule has 0 aliphatic carbocycles. The smallest absolute Gasteiger partial charge is 0.243 e. The number of rotatable bonds is 12. The van der Waals surface area contributed by atoms with Gasteiger partial charge >= 0.3 is 0 Å². The summed E-state index contributed by atoms with van der Waals surface area (Å²) in [6.07, 6.45) is 5.99. The van der Waals surface area contributed by atoms with E-state index in [4.69, 9.17) is 5.73 Å². The summed E-state index contributed by atoms with van der Waals surface area (Å²) in [5, 5.41) is 18.8. The number of benzene rings is 3. The van der Waals surface area contributed by atoms with Gasteiger partial charge in [-0.3, -0.25) is 28.8 Å². The Labute approximate surface area is 369 Å². The molecule has 4 heterocycles. The minimum atomic E-state index is -1.24. The second kappa shape index (κ2) is 20.7. The van der Waals surface area contributed by atoms with E-state index < -0.39 is 71.7 Å². The summed E-state index contributed by atoms with van der Waals surface area (Å²) < 4.78 is 0. The van der Waals surface area contributed by atoms with Crippen molar-refractivity contribution < 1.29 is 28.8 Å². The van der Waals surface area contributed by atoms with Crippen LogP contribution in [0, 0.1) is 6.92 Å². The van der Waals surface area contributed by atoms with Crippen molar-refractivity contribution in [2.75, 3.05) is 6.54 Å². The van der Waals surface area contributed by atoms with Crippen LogP contribution >= 0.6 is 0 Å². The first-order valence-electron chi connectivity index (χ1n) is 21.6. The molecular formula is C47H55N11O6. The topological polar surface area (TPSA) is 261 Å². The van der Waals surface area contributed by atoms with Gasteiger partial charge in [0.2, 0.25) is 35.4 Å². The maximum Gasteiger partial charge on any atom is 0.243 e. The van der Waals surface area contributed by atoms with Gasteiger partial charge < -0.3 is 52.6 Å². The Morgan fingerprint density at radius 2 is 1.12 bits per heavy atom. The van der Waals surface area contributed by atoms with Gasteiger partial charge in [0, 0.05) is 71.3 Å². The number of nitrogens with one attached hydrogen (secondary N) is 9. The van der Waals surface area contributed by atoms with Crippen molar-refractivity contribution in [3.05, 3.63) is 126 Å². The van der Waals surface area contributed by atoms with E-state index in [-0.39, 0.29) is 32.1 Å². The molecule has 3 aromatic carbocycles. The maximum atomic E-state index is 14.5. The lowest BCUT2D eigenvalue weighted by atomic mass is 10.00. The van der Waals surface area contributed by atoms with Gasteiger partial charge in [-0.2, -0.15) is 0 Å². The van der Waals surface area contributed by atoms with E-state index in [1.807, 2.05) is 85.8 Å². The van der Waals surface area contributed by atoms with Gasteiger partial charge in [-0.1, -0.05) is 66.7 Å². The van der Waals surface area contributed by atoms with Crippen molar-refractivity contribution >= 4 is 57.2 Å². The molecule has 7 rings (SSSR count). The van der Waals surface area contributed by atoms with Gasteiger partial charge in [-0.25, -0.2) is 4.98 Å². The number of aryl methyl sites for hydroxylation is 1. The number of carbonyl (C=O) groups excluding carboxylic acids is 6. The number of amides is 6. The minimum Gasteiger partial charge on any atom is -0.361 e. The fourth-order valence-electron chi connectivity index (χ4n) is 8.15. The number of nitrogens with zero attached hydrogens (tertiary/aromatic N) is 1. The molecule has 334 valence electrons. The summed E-state index contributed by atoms with van der Waals surface area (Å²) in [5.74, 6) is -3.97. The number of fused-ring (bicyclic) bond motifs is 2. The molecule has 0 spiro atoms. The Bertz CT molecular complexity index is 2590. The summed E-state index contributed by atoms with van der Waals surface area (Å²) in [4.78, 5) is 100.0. The van der Waals surface area contributed by atoms with E-state index in [1.54, 1.807) is 6.20 Å². The zero-order chi connectivity index (χ0) is 45.2. The van der Waals surface area contributed by atoms with Crippen LogP contribution in [-0.4, -0.2) is 98.2 Å². The molecule has 0 radical (unpaired) electrons. The molecule has 1 aliphatic heterocycles. The lowest BCUT2D eigenvalue weighted by molar-refractivity contribution is -0.136. The van der Waals surface area contributed by atoms with Gasteiger partial charge in [0.25, 0.3) is 0 Å². The third-order valence-electron chi connectivity index (χ3n) is 11.7. The van der Waals surface area contributed by atoms with Crippen LogP contribution in [0.1, 0.15) is 54.3 Å². The summed E-state index contributed by atoms with van der Waals surface area (Å²) in [6, 6.07) is 17.0. The third kappa shape index (κ3) is 11.0. The quantitative estimate of drug-likeness (QED) is 0.0812. The molecule has 17 heteroatoms. The van der Waals surface area contributed by atoms with E-state index in [9.17, 15) is 28.8 Å². The normalized spacial score (nSPS) is 21.9. The second-order valence-corrected chi connectivity index (χ2v) is 16.3. The molecule has 0 unspecified atom stereocenters. The van der Waals surface area contributed by atoms with Crippen molar-refractivity contribution in [3.63, 3.8) is 0 Å². The van der Waals surface area contributed by atoms with Gasteiger partial charge in [-0.05, 0) is 68.5 Å². The highest BCUT2D eigenvalue weighted by molar-refractivity contribution is 5.99. The highest BCUT2D eigenvalue weighted by atomic mass is 16.2. The van der Waals surface area contributed by atoms with E-state index in [0.29, 0.717) is 25.1 Å². The van der Waals surface area contributed by atoms with E-state index in [2.05, 4.69) is 51.8 Å². The SMILES string of the molecule is Cc1[nH]c2ccccc2c1C[C@H]1NC(=O)[C@H](Cc2cnc[nH]2)NC(=O)[C@H](CCCCN)NC(=O)[C@@H](Cc2ccccc2)NC(=O)[C@H](Cc2c[nH]c3ccccc23)NC(=O)[C@H](C)NC1=O. The number of H-pyrrole nitrogens is 3. The zero-order valence-corrected chi connectivity index (χ0v) is 35.8. The van der Waals surface area contributed by atoms with Crippen molar-refractivity contribution in [1.82, 2.24) is 51.8 Å². The number of unbranched alkanes of at least 4 members (excludes halogenated alkanes) is 1. The zero-order valence-electron chi connectivity index (χ0n) is 35.8. The molecule has 6 atom stereocenters. The van der Waals surface area contributed by atoms with E-state index >= 15 is 0 Å². The Morgan fingerprint density at radius 1 is 0.562 bits per heavy atom. The molecule has 6 amide bonds. The van der Waals surface area contributed by atoms with Crippen LogP contribution in [0.3, 0.4) is 0 Å². The number of carbonyl (C=O) groups is 6. The summed E-state index contributed by atoms with van der Waals surface area (Å²) in [6.45, 7) is 3.71. The predicted molar refractivity (Wildman–Crippen MR) is 241 cm³/mol. The van der Waals surface area contributed by atoms with Crippen LogP contribution in [0.5, 0.6) is 0 Å². The van der Waals surface area contributed by atoms with Crippen LogP contribution < -0.4 is 37.6 Å². The van der Waals surface area contributed by atoms with Crippen LogP contribution in [0.4, 0.5) is 0 Å². The van der Waals surface area contributed by atoms with Gasteiger partial charge in [0.1, 0.15) is 36.3 Å². The number of aromatic amines is 3. The summed E-state index contributed by atoms with van der Waals surface area (Å²) in [5.41, 5.74) is 11.0. The number of nitrogens with two attached hydrogens (primary N) is 1. The molecule has 1 saturated heterocycles. The van der Waals surface area contributed by atoms with Crippen molar-refractivity contribution in [1.29, 1.82) is 0 Å². The molecule has 1 fully saturated rings. The molecule has 64 heavy (non-hydrogen) atoms. The number of imidazole rings is 1. The molecule has 17 nitrogen and oxygen atoms in total. The van der Waals surface area contributed by atoms with Crippen molar-refractivity contribution in [2.24, 2.45) is 5.73 Å². The van der Waals surface area contributed by atoms with Crippen LogP contribution in [0.25, 0.3) is 21.8 Å². The van der Waals surface area contributed by atoms with E-state index in [0.717, 1.165) is 44.2 Å². The Morgan fingerprint density at radius 3 is 1.81 bits per heavy atom. The minimum absolute atomic E-state index is 0.0264. The first-order chi connectivity index (χ1) is 31.0. The fraction of sp³-hybridized carbons (Fsp3) is 0.340. The molecule has 0 bridgehead atoms. The highest BCUT2D eigenvalue weighted by Crippen LogP contribution is 2.24. The first kappa shape index (κ1) is 44.8. The lowest BCUT2D eigenvalue weighted by Gasteiger charge is -2.29. The van der Waals surface area contributed by atoms with Crippen LogP contribution in [0.2, 0.25) is 0 Å². The van der Waals surface area contributed by atoms with E-state index in [1.165, 1.54) is 19.4 Å².